The van der Waals surface area contributed by atoms with E-state index in [0.29, 0.717) is 17.4 Å². The van der Waals surface area contributed by atoms with Gasteiger partial charge in [0.25, 0.3) is 0 Å². The van der Waals surface area contributed by atoms with Gasteiger partial charge in [-0.15, -0.1) is 0 Å². The summed E-state index contributed by atoms with van der Waals surface area (Å²) in [6.45, 7) is 0. The van der Waals surface area contributed by atoms with Crippen molar-refractivity contribution in [2.75, 3.05) is 0 Å². The van der Waals surface area contributed by atoms with Gasteiger partial charge in [-0.2, -0.15) is 0 Å². The van der Waals surface area contributed by atoms with E-state index in [4.69, 9.17) is 9.47 Å². The fourth-order valence-electron chi connectivity index (χ4n) is 1.69. The highest BCUT2D eigenvalue weighted by Gasteiger charge is 2.09. The average molecular weight is 372 g/mol. The summed E-state index contributed by atoms with van der Waals surface area (Å²) in [5.41, 5.74) is 0.284. The van der Waals surface area contributed by atoms with E-state index in [1.54, 1.807) is 36.5 Å². The van der Waals surface area contributed by atoms with Crippen molar-refractivity contribution >= 4 is 21.9 Å². The van der Waals surface area contributed by atoms with Crippen LogP contribution in [0.25, 0.3) is 0 Å². The molecule has 6 nitrogen and oxygen atoms in total. The largest absolute Gasteiger partial charge is 0.439 e. The first-order valence-electron chi connectivity index (χ1n) is 6.57. The van der Waals surface area contributed by atoms with E-state index in [0.717, 1.165) is 4.47 Å². The molecule has 0 saturated carbocycles. The third kappa shape index (κ3) is 4.10. The normalized spacial score (nSPS) is 10.1. The summed E-state index contributed by atoms with van der Waals surface area (Å²) in [6.07, 6.45) is 5.78. The molecule has 7 heteroatoms. The summed E-state index contributed by atoms with van der Waals surface area (Å²) in [5.74, 6) is 0.936. The van der Waals surface area contributed by atoms with Gasteiger partial charge in [0.15, 0.2) is 0 Å². The quantitative estimate of drug-likeness (QED) is 0.514. The van der Waals surface area contributed by atoms with Crippen LogP contribution in [0.5, 0.6) is 17.4 Å². The van der Waals surface area contributed by atoms with Gasteiger partial charge < -0.3 is 9.47 Å². The summed E-state index contributed by atoms with van der Waals surface area (Å²) >= 11 is 3.31. The zero-order valence-electron chi connectivity index (χ0n) is 11.7. The Labute approximate surface area is 140 Å². The molecule has 0 fully saturated rings. The highest BCUT2D eigenvalue weighted by Crippen LogP contribution is 2.23. The van der Waals surface area contributed by atoms with Crippen molar-refractivity contribution in [1.29, 1.82) is 0 Å². The Morgan fingerprint density at radius 2 is 1.61 bits per heavy atom. The molecule has 0 aliphatic heterocycles. The Bertz CT molecular complexity index is 793. The van der Waals surface area contributed by atoms with Crippen LogP contribution in [0.3, 0.4) is 0 Å². The van der Waals surface area contributed by atoms with Crippen LogP contribution in [0.4, 0.5) is 0 Å². The van der Waals surface area contributed by atoms with Crippen LogP contribution in [0.2, 0.25) is 0 Å². The fraction of sp³-hybridized carbons (Fsp3) is 0. The summed E-state index contributed by atoms with van der Waals surface area (Å²) in [4.78, 5) is 23.5. The minimum Gasteiger partial charge on any atom is -0.439 e. The Hall–Kier alpha value is -2.80. The van der Waals surface area contributed by atoms with Crippen molar-refractivity contribution in [3.63, 3.8) is 0 Å². The molecule has 3 rings (SSSR count). The lowest BCUT2D eigenvalue weighted by Crippen LogP contribution is -2.09. The standard InChI is InChI=1S/C16H10BrN3O3/c17-12-1-6-15(20-9-12)22-13-2-4-14(5-3-13)23-16(21)11-7-18-10-19-8-11/h1-10H. The van der Waals surface area contributed by atoms with E-state index in [1.807, 2.05) is 6.07 Å². The lowest BCUT2D eigenvalue weighted by atomic mass is 10.3. The Balaban J connectivity index is 1.65. The van der Waals surface area contributed by atoms with Gasteiger partial charge in [-0.1, -0.05) is 0 Å². The van der Waals surface area contributed by atoms with Crippen LogP contribution in [-0.4, -0.2) is 20.9 Å². The van der Waals surface area contributed by atoms with Crippen LogP contribution >= 0.6 is 15.9 Å². The van der Waals surface area contributed by atoms with Crippen LogP contribution in [0.1, 0.15) is 10.4 Å². The minimum absolute atomic E-state index is 0.284. The van der Waals surface area contributed by atoms with Crippen LogP contribution < -0.4 is 9.47 Å². The minimum atomic E-state index is -0.520. The average Bonchev–Trinajstić information content (AvgIpc) is 2.59. The summed E-state index contributed by atoms with van der Waals surface area (Å²) in [7, 11) is 0. The van der Waals surface area contributed by atoms with Crippen LogP contribution in [-0.2, 0) is 0 Å². The van der Waals surface area contributed by atoms with E-state index < -0.39 is 5.97 Å². The van der Waals surface area contributed by atoms with E-state index in [-0.39, 0.29) is 5.56 Å². The second kappa shape index (κ2) is 6.97. The molecule has 23 heavy (non-hydrogen) atoms. The first-order valence-corrected chi connectivity index (χ1v) is 7.37. The third-order valence-electron chi connectivity index (χ3n) is 2.75. The molecule has 2 aromatic heterocycles. The van der Waals surface area contributed by atoms with Gasteiger partial charge in [-0.05, 0) is 46.3 Å². The van der Waals surface area contributed by atoms with Crippen molar-refractivity contribution in [2.24, 2.45) is 0 Å². The third-order valence-corrected chi connectivity index (χ3v) is 3.22. The molecular weight excluding hydrogens is 362 g/mol. The van der Waals surface area contributed by atoms with Crippen molar-refractivity contribution in [3.05, 3.63) is 71.4 Å². The molecule has 1 aromatic carbocycles. The van der Waals surface area contributed by atoms with Crippen molar-refractivity contribution in [1.82, 2.24) is 15.0 Å². The van der Waals surface area contributed by atoms with E-state index in [2.05, 4.69) is 30.9 Å². The van der Waals surface area contributed by atoms with Crippen molar-refractivity contribution < 1.29 is 14.3 Å². The Morgan fingerprint density at radius 3 is 2.26 bits per heavy atom. The highest BCUT2D eigenvalue weighted by molar-refractivity contribution is 9.10. The number of carbonyl (C=O) groups is 1. The molecule has 0 bridgehead atoms. The molecule has 0 aliphatic carbocycles. The van der Waals surface area contributed by atoms with Gasteiger partial charge in [-0.25, -0.2) is 19.7 Å². The number of benzene rings is 1. The van der Waals surface area contributed by atoms with E-state index in [9.17, 15) is 4.79 Å². The number of hydrogen-bond acceptors (Lipinski definition) is 6. The number of carbonyl (C=O) groups excluding carboxylic acids is 1. The van der Waals surface area contributed by atoms with Gasteiger partial charge in [0, 0.05) is 29.1 Å². The summed E-state index contributed by atoms with van der Waals surface area (Å²) in [5, 5.41) is 0. The number of esters is 1. The molecule has 0 radical (unpaired) electrons. The maximum atomic E-state index is 11.9. The SMILES string of the molecule is O=C(Oc1ccc(Oc2ccc(Br)cn2)cc1)c1cncnc1. The smallest absolute Gasteiger partial charge is 0.346 e. The number of aromatic nitrogens is 3. The summed E-state index contributed by atoms with van der Waals surface area (Å²) < 4.78 is 11.7. The zero-order chi connectivity index (χ0) is 16.1. The first kappa shape index (κ1) is 15.1. The Morgan fingerprint density at radius 1 is 0.913 bits per heavy atom. The molecule has 2 heterocycles. The second-order valence-corrected chi connectivity index (χ2v) is 5.32. The molecule has 0 aliphatic rings. The zero-order valence-corrected chi connectivity index (χ0v) is 13.3. The second-order valence-electron chi connectivity index (χ2n) is 4.40. The monoisotopic (exact) mass is 371 g/mol. The molecule has 3 aromatic rings. The van der Waals surface area contributed by atoms with E-state index in [1.165, 1.54) is 18.7 Å². The number of ether oxygens (including phenoxy) is 2. The Kier molecular flexibility index (Phi) is 4.58. The van der Waals surface area contributed by atoms with Crippen LogP contribution in [0.15, 0.2) is 65.8 Å². The highest BCUT2D eigenvalue weighted by atomic mass is 79.9. The number of rotatable bonds is 4. The molecule has 114 valence electrons. The summed E-state index contributed by atoms with van der Waals surface area (Å²) in [6, 6.07) is 10.2. The molecule has 0 unspecified atom stereocenters. The van der Waals surface area contributed by atoms with Crippen molar-refractivity contribution in [3.8, 4) is 17.4 Å². The molecule has 0 N–H and O–H groups in total. The molecule has 0 saturated heterocycles. The molecule has 0 amide bonds. The van der Waals surface area contributed by atoms with Gasteiger partial charge in [0.2, 0.25) is 5.88 Å². The lowest BCUT2D eigenvalue weighted by molar-refractivity contribution is 0.0733. The lowest BCUT2D eigenvalue weighted by Gasteiger charge is -2.06. The number of hydrogen-bond donors (Lipinski definition) is 0. The van der Waals surface area contributed by atoms with Gasteiger partial charge in [-0.3, -0.25) is 0 Å². The number of nitrogens with zero attached hydrogens (tertiary/aromatic N) is 3. The maximum absolute atomic E-state index is 11.9. The van der Waals surface area contributed by atoms with E-state index >= 15 is 0 Å². The van der Waals surface area contributed by atoms with Gasteiger partial charge >= 0.3 is 5.97 Å². The topological polar surface area (TPSA) is 74.2 Å². The maximum Gasteiger partial charge on any atom is 0.346 e. The predicted octanol–water partition coefficient (Wildman–Crippen LogP) is 3.65. The van der Waals surface area contributed by atoms with Gasteiger partial charge in [0.05, 0.1) is 5.56 Å². The van der Waals surface area contributed by atoms with Gasteiger partial charge in [0.1, 0.15) is 17.8 Å². The molecule has 0 atom stereocenters. The number of pyridine rings is 1. The molecule has 0 spiro atoms. The fourth-order valence-corrected chi connectivity index (χ4v) is 1.92. The molecular formula is C16H10BrN3O3. The first-order chi connectivity index (χ1) is 11.2. The predicted molar refractivity (Wildman–Crippen MR) is 85.4 cm³/mol. The number of halogens is 1. The van der Waals surface area contributed by atoms with Crippen molar-refractivity contribution in [2.45, 2.75) is 0 Å². The van der Waals surface area contributed by atoms with Crippen LogP contribution in [0, 0.1) is 0 Å².